The van der Waals surface area contributed by atoms with Crippen LogP contribution in [-0.4, -0.2) is 28.8 Å². The summed E-state index contributed by atoms with van der Waals surface area (Å²) in [6.45, 7) is 4.28. The predicted molar refractivity (Wildman–Crippen MR) is 70.9 cm³/mol. The Morgan fingerprint density at radius 3 is 3.17 bits per heavy atom. The third-order valence-corrected chi connectivity index (χ3v) is 3.15. The van der Waals surface area contributed by atoms with E-state index in [0.29, 0.717) is 12.4 Å². The van der Waals surface area contributed by atoms with Gasteiger partial charge in [-0.15, -0.1) is 0 Å². The summed E-state index contributed by atoms with van der Waals surface area (Å²) in [7, 11) is 0. The maximum absolute atomic E-state index is 12.0. The molecule has 1 aliphatic heterocycles. The van der Waals surface area contributed by atoms with Crippen molar-refractivity contribution in [1.29, 1.82) is 0 Å². The van der Waals surface area contributed by atoms with Crippen LogP contribution in [0.25, 0.3) is 0 Å². The Hall–Kier alpha value is -1.36. The Balaban J connectivity index is 1.96. The molecule has 0 aliphatic carbocycles. The van der Waals surface area contributed by atoms with Crippen molar-refractivity contribution in [2.75, 3.05) is 18.5 Å². The minimum absolute atomic E-state index is 0.0461. The zero-order chi connectivity index (χ0) is 12.8. The van der Waals surface area contributed by atoms with Crippen molar-refractivity contribution < 1.29 is 4.74 Å². The van der Waals surface area contributed by atoms with E-state index in [1.54, 1.807) is 17.0 Å². The van der Waals surface area contributed by atoms with Crippen molar-refractivity contribution in [3.8, 4) is 0 Å². The number of aromatic nitrogens is 2. The average molecular weight is 251 g/mol. The van der Waals surface area contributed by atoms with Gasteiger partial charge in [0.25, 0.3) is 5.56 Å². The highest BCUT2D eigenvalue weighted by Crippen LogP contribution is 2.12. The van der Waals surface area contributed by atoms with Crippen LogP contribution in [0.15, 0.2) is 17.2 Å². The Morgan fingerprint density at radius 2 is 2.44 bits per heavy atom. The lowest BCUT2D eigenvalue weighted by Gasteiger charge is -2.22. The second-order valence-electron chi connectivity index (χ2n) is 4.64. The van der Waals surface area contributed by atoms with E-state index in [0.717, 1.165) is 32.4 Å². The number of rotatable bonds is 5. The second kappa shape index (κ2) is 6.54. The molecule has 0 radical (unpaired) electrons. The van der Waals surface area contributed by atoms with Gasteiger partial charge < -0.3 is 14.6 Å². The standard InChI is InChI=1S/C13H21N3O2/c1-2-7-16-8-6-14-12(13(16)17)15-10-11-5-3-4-9-18-11/h6,8,11H,2-5,7,9-10H2,1H3,(H,14,15). The van der Waals surface area contributed by atoms with Gasteiger partial charge in [-0.2, -0.15) is 0 Å². The molecular weight excluding hydrogens is 230 g/mol. The minimum atomic E-state index is -0.0461. The number of nitrogens with one attached hydrogen (secondary N) is 1. The molecule has 2 heterocycles. The van der Waals surface area contributed by atoms with E-state index in [-0.39, 0.29) is 11.7 Å². The first-order chi connectivity index (χ1) is 8.81. The maximum atomic E-state index is 12.0. The quantitative estimate of drug-likeness (QED) is 0.864. The molecule has 2 rings (SSSR count). The molecule has 5 nitrogen and oxygen atoms in total. The summed E-state index contributed by atoms with van der Waals surface area (Å²) in [5.74, 6) is 0.431. The fourth-order valence-electron chi connectivity index (χ4n) is 2.16. The summed E-state index contributed by atoms with van der Waals surface area (Å²) in [6.07, 6.45) is 7.95. The zero-order valence-corrected chi connectivity index (χ0v) is 10.9. The number of anilines is 1. The smallest absolute Gasteiger partial charge is 0.293 e. The van der Waals surface area contributed by atoms with E-state index in [4.69, 9.17) is 4.74 Å². The van der Waals surface area contributed by atoms with E-state index >= 15 is 0 Å². The lowest BCUT2D eigenvalue weighted by Crippen LogP contribution is -2.31. The van der Waals surface area contributed by atoms with Gasteiger partial charge in [0.15, 0.2) is 5.82 Å². The van der Waals surface area contributed by atoms with Crippen LogP contribution in [0.2, 0.25) is 0 Å². The van der Waals surface area contributed by atoms with Gasteiger partial charge in [-0.1, -0.05) is 6.92 Å². The highest BCUT2D eigenvalue weighted by atomic mass is 16.5. The van der Waals surface area contributed by atoms with Crippen molar-refractivity contribution in [2.45, 2.75) is 45.3 Å². The van der Waals surface area contributed by atoms with Gasteiger partial charge in [0, 0.05) is 32.1 Å². The van der Waals surface area contributed by atoms with Crippen LogP contribution in [0, 0.1) is 0 Å². The highest BCUT2D eigenvalue weighted by molar-refractivity contribution is 5.30. The summed E-state index contributed by atoms with van der Waals surface area (Å²) in [4.78, 5) is 16.1. The second-order valence-corrected chi connectivity index (χ2v) is 4.64. The van der Waals surface area contributed by atoms with E-state index in [2.05, 4.69) is 17.2 Å². The Kier molecular flexibility index (Phi) is 4.75. The summed E-state index contributed by atoms with van der Waals surface area (Å²) >= 11 is 0. The molecule has 1 unspecified atom stereocenters. The molecule has 1 fully saturated rings. The van der Waals surface area contributed by atoms with Crippen molar-refractivity contribution in [2.24, 2.45) is 0 Å². The molecule has 18 heavy (non-hydrogen) atoms. The molecule has 100 valence electrons. The molecular formula is C13H21N3O2. The van der Waals surface area contributed by atoms with Crippen LogP contribution in [-0.2, 0) is 11.3 Å². The van der Waals surface area contributed by atoms with Crippen LogP contribution >= 0.6 is 0 Å². The Morgan fingerprint density at radius 1 is 1.56 bits per heavy atom. The molecule has 1 aliphatic rings. The van der Waals surface area contributed by atoms with Crippen molar-refractivity contribution in [3.05, 3.63) is 22.7 Å². The van der Waals surface area contributed by atoms with E-state index in [1.165, 1.54) is 6.42 Å². The maximum Gasteiger partial charge on any atom is 0.293 e. The molecule has 0 amide bonds. The number of ether oxygens (including phenoxy) is 1. The van der Waals surface area contributed by atoms with Crippen LogP contribution in [0.3, 0.4) is 0 Å². The minimum Gasteiger partial charge on any atom is -0.376 e. The van der Waals surface area contributed by atoms with Gasteiger partial charge in [-0.05, 0) is 25.7 Å². The summed E-state index contributed by atoms with van der Waals surface area (Å²) in [5, 5.41) is 3.11. The molecule has 0 saturated carbocycles. The summed E-state index contributed by atoms with van der Waals surface area (Å²) < 4.78 is 7.31. The van der Waals surface area contributed by atoms with Gasteiger partial charge in [0.2, 0.25) is 0 Å². The first kappa shape index (κ1) is 13.1. The third kappa shape index (κ3) is 3.32. The van der Waals surface area contributed by atoms with Crippen molar-refractivity contribution in [3.63, 3.8) is 0 Å². The first-order valence-electron chi connectivity index (χ1n) is 6.72. The van der Waals surface area contributed by atoms with Gasteiger partial charge in [-0.25, -0.2) is 4.98 Å². The fourth-order valence-corrected chi connectivity index (χ4v) is 2.16. The third-order valence-electron chi connectivity index (χ3n) is 3.15. The Labute approximate surface area is 107 Å². The SMILES string of the molecule is CCCn1ccnc(NCC2CCCCO2)c1=O. The van der Waals surface area contributed by atoms with Crippen LogP contribution in [0.5, 0.6) is 0 Å². The van der Waals surface area contributed by atoms with E-state index < -0.39 is 0 Å². The number of aryl methyl sites for hydroxylation is 1. The molecule has 1 atom stereocenters. The van der Waals surface area contributed by atoms with Crippen LogP contribution < -0.4 is 10.9 Å². The largest absolute Gasteiger partial charge is 0.376 e. The van der Waals surface area contributed by atoms with Crippen LogP contribution in [0.4, 0.5) is 5.82 Å². The Bertz CT molecular complexity index is 424. The predicted octanol–water partition coefficient (Wildman–Crippen LogP) is 1.63. The molecule has 0 bridgehead atoms. The fraction of sp³-hybridized carbons (Fsp3) is 0.692. The van der Waals surface area contributed by atoms with Crippen molar-refractivity contribution >= 4 is 5.82 Å². The van der Waals surface area contributed by atoms with Gasteiger partial charge >= 0.3 is 0 Å². The zero-order valence-electron chi connectivity index (χ0n) is 10.9. The lowest BCUT2D eigenvalue weighted by molar-refractivity contribution is 0.0247. The molecule has 0 aromatic carbocycles. The molecule has 1 N–H and O–H groups in total. The average Bonchev–Trinajstić information content (AvgIpc) is 2.41. The van der Waals surface area contributed by atoms with Gasteiger partial charge in [0.1, 0.15) is 0 Å². The normalized spacial score (nSPS) is 19.7. The lowest BCUT2D eigenvalue weighted by atomic mass is 10.1. The molecule has 1 aromatic heterocycles. The summed E-state index contributed by atoms with van der Waals surface area (Å²) in [5.41, 5.74) is -0.0461. The number of hydrogen-bond acceptors (Lipinski definition) is 4. The van der Waals surface area contributed by atoms with E-state index in [1.807, 2.05) is 0 Å². The van der Waals surface area contributed by atoms with Crippen molar-refractivity contribution in [1.82, 2.24) is 9.55 Å². The highest BCUT2D eigenvalue weighted by Gasteiger charge is 2.14. The van der Waals surface area contributed by atoms with Gasteiger partial charge in [0.05, 0.1) is 6.10 Å². The summed E-state index contributed by atoms with van der Waals surface area (Å²) in [6, 6.07) is 0. The molecule has 5 heteroatoms. The van der Waals surface area contributed by atoms with E-state index in [9.17, 15) is 4.79 Å². The first-order valence-corrected chi connectivity index (χ1v) is 6.72. The molecule has 1 saturated heterocycles. The topological polar surface area (TPSA) is 56.1 Å². The van der Waals surface area contributed by atoms with Gasteiger partial charge in [-0.3, -0.25) is 4.79 Å². The van der Waals surface area contributed by atoms with Crippen LogP contribution in [0.1, 0.15) is 32.6 Å². The molecule has 0 spiro atoms. The monoisotopic (exact) mass is 251 g/mol. The number of hydrogen-bond donors (Lipinski definition) is 1. The number of nitrogens with zero attached hydrogens (tertiary/aromatic N) is 2. The molecule has 1 aromatic rings.